The Morgan fingerprint density at radius 2 is 1.76 bits per heavy atom. The molecule has 1 aliphatic heterocycles. The maximum absolute atomic E-state index is 13.3. The fourth-order valence-electron chi connectivity index (χ4n) is 7.00. The van der Waals surface area contributed by atoms with E-state index in [0.717, 1.165) is 50.1 Å². The van der Waals surface area contributed by atoms with Gasteiger partial charge in [-0.1, -0.05) is 41.9 Å². The van der Waals surface area contributed by atoms with E-state index in [1.807, 2.05) is 50.2 Å². The number of nitrogens with two attached hydrogens (primary N) is 1. The number of fused-ring (bicyclic) bond motifs is 2. The van der Waals surface area contributed by atoms with Crippen LogP contribution in [0.1, 0.15) is 28.8 Å². The second-order valence-electron chi connectivity index (χ2n) is 12.9. The highest BCUT2D eigenvalue weighted by Crippen LogP contribution is 2.42. The average Bonchev–Trinajstić information content (AvgIpc) is 3.50. The number of aromatic nitrogens is 4. The van der Waals surface area contributed by atoms with Gasteiger partial charge >= 0.3 is 5.69 Å². The molecule has 3 aromatic heterocycles. The predicted octanol–water partition coefficient (Wildman–Crippen LogP) is 4.98. The van der Waals surface area contributed by atoms with Crippen molar-refractivity contribution in [1.29, 1.82) is 0 Å². The summed E-state index contributed by atoms with van der Waals surface area (Å²) in [5.74, 6) is 0.939. The number of halogens is 1. The van der Waals surface area contributed by atoms with Crippen molar-refractivity contribution in [3.63, 3.8) is 0 Å². The minimum Gasteiger partial charge on any atom is -0.481 e. The quantitative estimate of drug-likeness (QED) is 0.244. The number of ether oxygens (including phenoxy) is 3. The number of methoxy groups -OCH3 is 1. The molecule has 0 spiro atoms. The Morgan fingerprint density at radius 1 is 1.00 bits per heavy atom. The monoisotopic (exact) mass is 682 g/mol. The van der Waals surface area contributed by atoms with E-state index in [9.17, 15) is 9.59 Å². The third-order valence-electron chi connectivity index (χ3n) is 9.71. The van der Waals surface area contributed by atoms with Gasteiger partial charge in [0, 0.05) is 61.2 Å². The molecule has 11 nitrogen and oxygen atoms in total. The average molecular weight is 683 g/mol. The van der Waals surface area contributed by atoms with Gasteiger partial charge in [0.05, 0.1) is 42.2 Å². The normalized spacial score (nSPS) is 18.9. The molecule has 12 heteroatoms. The highest BCUT2D eigenvalue weighted by Gasteiger charge is 2.32. The fraction of sp³-hybridized carbons (Fsp3) is 0.351. The predicted molar refractivity (Wildman–Crippen MR) is 191 cm³/mol. The first-order chi connectivity index (χ1) is 23.5. The number of nitrogens with one attached hydrogen (secondary N) is 1. The molecule has 2 aromatic carbocycles. The van der Waals surface area contributed by atoms with Gasteiger partial charge in [0.1, 0.15) is 11.2 Å². The van der Waals surface area contributed by atoms with Gasteiger partial charge in [-0.25, -0.2) is 14.8 Å². The first-order valence-electron chi connectivity index (χ1n) is 16.3. The van der Waals surface area contributed by atoms with Crippen LogP contribution in [0.25, 0.3) is 33.3 Å². The van der Waals surface area contributed by atoms with E-state index in [2.05, 4.69) is 16.4 Å². The lowest BCUT2D eigenvalue weighted by Gasteiger charge is -2.30. The van der Waals surface area contributed by atoms with Crippen molar-refractivity contribution in [3.8, 4) is 28.3 Å². The number of hydrogen-bond acceptors (Lipinski definition) is 9. The highest BCUT2D eigenvalue weighted by molar-refractivity contribution is 6.36. The second kappa shape index (κ2) is 13.1. The zero-order valence-electron chi connectivity index (χ0n) is 28.2. The molecule has 0 saturated carbocycles. The molecule has 3 atom stereocenters. The Hall–Kier alpha value is -4.55. The number of nitrogens with zero attached hydrogens (tertiary/aromatic N) is 4. The van der Waals surface area contributed by atoms with Gasteiger partial charge < -0.3 is 25.3 Å². The summed E-state index contributed by atoms with van der Waals surface area (Å²) in [7, 11) is 4.75. The van der Waals surface area contributed by atoms with Crippen LogP contribution in [0, 0.1) is 13.8 Å². The molecule has 1 saturated heterocycles. The van der Waals surface area contributed by atoms with Gasteiger partial charge in [-0.05, 0) is 61.6 Å². The van der Waals surface area contributed by atoms with Crippen LogP contribution in [-0.4, -0.2) is 57.7 Å². The van der Waals surface area contributed by atoms with Crippen LogP contribution < -0.4 is 27.0 Å². The number of anilines is 2. The van der Waals surface area contributed by atoms with Gasteiger partial charge in [-0.2, -0.15) is 0 Å². The van der Waals surface area contributed by atoms with Crippen LogP contribution in [0.5, 0.6) is 5.88 Å². The van der Waals surface area contributed by atoms with Gasteiger partial charge in [-0.3, -0.25) is 13.9 Å². The van der Waals surface area contributed by atoms with Crippen molar-refractivity contribution in [2.45, 2.75) is 51.4 Å². The SMILES string of the molecule is COc1nc(-c2cccc(-c3cccc(Nc4nc(C)cc5c4c(=O)n(C)c(=O)n5C)c3C)c2Cl)cc2c1CC(O[C@H]1COCC[C@@H]1N)C2. The molecule has 0 amide bonds. The minimum absolute atomic E-state index is 0.0384. The van der Waals surface area contributed by atoms with Crippen LogP contribution in [0.3, 0.4) is 0 Å². The van der Waals surface area contributed by atoms with E-state index in [4.69, 9.17) is 36.5 Å². The first-order valence-corrected chi connectivity index (χ1v) is 16.7. The molecule has 254 valence electrons. The minimum atomic E-state index is -0.417. The third kappa shape index (κ3) is 5.90. The molecule has 0 radical (unpaired) electrons. The smallest absolute Gasteiger partial charge is 0.330 e. The van der Waals surface area contributed by atoms with Crippen molar-refractivity contribution in [2.75, 3.05) is 25.6 Å². The summed E-state index contributed by atoms with van der Waals surface area (Å²) in [4.78, 5) is 35.5. The molecule has 49 heavy (non-hydrogen) atoms. The van der Waals surface area contributed by atoms with Gasteiger partial charge in [0.25, 0.3) is 5.56 Å². The van der Waals surface area contributed by atoms with Crippen molar-refractivity contribution in [1.82, 2.24) is 19.1 Å². The summed E-state index contributed by atoms with van der Waals surface area (Å²) in [6.45, 7) is 4.99. The summed E-state index contributed by atoms with van der Waals surface area (Å²) in [6, 6.07) is 15.6. The van der Waals surface area contributed by atoms with Gasteiger partial charge in [0.2, 0.25) is 5.88 Å². The van der Waals surface area contributed by atoms with E-state index in [1.54, 1.807) is 20.2 Å². The summed E-state index contributed by atoms with van der Waals surface area (Å²) in [5.41, 5.74) is 13.7. The number of pyridine rings is 2. The fourth-order valence-corrected chi connectivity index (χ4v) is 7.32. The maximum Gasteiger partial charge on any atom is 0.330 e. The molecular weight excluding hydrogens is 644 g/mol. The molecule has 1 aliphatic carbocycles. The lowest BCUT2D eigenvalue weighted by atomic mass is 9.96. The summed E-state index contributed by atoms with van der Waals surface area (Å²) in [6.07, 6.45) is 2.02. The van der Waals surface area contributed by atoms with Crippen molar-refractivity contribution < 1.29 is 14.2 Å². The Kier molecular flexibility index (Phi) is 8.78. The lowest BCUT2D eigenvalue weighted by Crippen LogP contribution is -2.46. The molecule has 4 heterocycles. The topological polar surface area (TPSA) is 136 Å². The van der Waals surface area contributed by atoms with E-state index in [-0.39, 0.29) is 18.2 Å². The standard InChI is InChI=1S/C37H39ClN6O5/c1-19-14-30-32(36(45)44(4)37(46)43(30)3)34(40-19)41-28-11-7-8-23(20(28)2)24-9-6-10-25(33(24)38)29-16-21-15-22(17-26(21)35(42-29)47-5)49-31-18-48-13-12-27(31)39/h6-11,14,16,22,27,31H,12-13,15,17-18,39H2,1-5H3,(H,40,41)/t22?,27-,31-/m0/s1. The number of hydrogen-bond donors (Lipinski definition) is 2. The zero-order valence-corrected chi connectivity index (χ0v) is 28.9. The highest BCUT2D eigenvalue weighted by atomic mass is 35.5. The van der Waals surface area contributed by atoms with Gasteiger partial charge in [0.15, 0.2) is 0 Å². The lowest BCUT2D eigenvalue weighted by molar-refractivity contribution is -0.0901. The Labute approximate surface area is 288 Å². The van der Waals surface area contributed by atoms with E-state index in [0.29, 0.717) is 65.1 Å². The number of aryl methyl sites for hydroxylation is 2. The molecule has 2 aliphatic rings. The summed E-state index contributed by atoms with van der Waals surface area (Å²) < 4.78 is 20.4. The van der Waals surface area contributed by atoms with E-state index >= 15 is 0 Å². The summed E-state index contributed by atoms with van der Waals surface area (Å²) in [5, 5.41) is 4.27. The Balaban J connectivity index is 1.23. The largest absolute Gasteiger partial charge is 0.481 e. The molecule has 5 aromatic rings. The zero-order chi connectivity index (χ0) is 34.6. The Bertz CT molecular complexity index is 2230. The molecule has 0 bridgehead atoms. The van der Waals surface area contributed by atoms with Crippen LogP contribution in [0.15, 0.2) is 58.1 Å². The Morgan fingerprint density at radius 3 is 2.53 bits per heavy atom. The number of benzene rings is 2. The van der Waals surface area contributed by atoms with Crippen molar-refractivity contribution in [3.05, 3.63) is 96.8 Å². The molecule has 1 fully saturated rings. The second-order valence-corrected chi connectivity index (χ2v) is 13.2. The maximum atomic E-state index is 13.3. The first kappa shape index (κ1) is 33.0. The van der Waals surface area contributed by atoms with E-state index in [1.165, 1.54) is 11.6 Å². The number of rotatable bonds is 7. The van der Waals surface area contributed by atoms with Crippen LogP contribution in [0.4, 0.5) is 11.5 Å². The van der Waals surface area contributed by atoms with Crippen LogP contribution in [-0.2, 0) is 36.4 Å². The molecule has 3 N–H and O–H groups in total. The van der Waals surface area contributed by atoms with Gasteiger partial charge in [-0.15, -0.1) is 0 Å². The van der Waals surface area contributed by atoms with Crippen molar-refractivity contribution >= 4 is 34.0 Å². The van der Waals surface area contributed by atoms with E-state index < -0.39 is 11.2 Å². The molecule has 7 rings (SSSR count). The molecular formula is C37H39ClN6O5. The van der Waals surface area contributed by atoms with Crippen molar-refractivity contribution in [2.24, 2.45) is 19.8 Å². The summed E-state index contributed by atoms with van der Waals surface area (Å²) >= 11 is 7.21. The third-order valence-corrected chi connectivity index (χ3v) is 10.1. The van der Waals surface area contributed by atoms with Crippen LogP contribution in [0.2, 0.25) is 5.02 Å². The van der Waals surface area contributed by atoms with Crippen LogP contribution >= 0.6 is 11.6 Å². The molecule has 1 unspecified atom stereocenters.